The molecule has 0 aliphatic carbocycles. The van der Waals surface area contributed by atoms with Crippen LogP contribution in [0, 0.1) is 0 Å². The molecule has 1 aromatic rings. The van der Waals surface area contributed by atoms with Crippen molar-refractivity contribution in [2.75, 3.05) is 26.2 Å². The molecule has 7 nitrogen and oxygen atoms in total. The third-order valence-corrected chi connectivity index (χ3v) is 4.41. The van der Waals surface area contributed by atoms with Crippen LogP contribution >= 0.6 is 0 Å². The predicted molar refractivity (Wildman–Crippen MR) is 71.4 cm³/mol. The molecule has 2 aliphatic heterocycles. The summed E-state index contributed by atoms with van der Waals surface area (Å²) in [4.78, 5) is 17.8. The number of nitrogens with two attached hydrogens (primary N) is 1. The van der Waals surface area contributed by atoms with Gasteiger partial charge >= 0.3 is 0 Å². The summed E-state index contributed by atoms with van der Waals surface area (Å²) in [6, 6.07) is 2.69. The highest BCUT2D eigenvalue weighted by atomic mass is 32.2. The number of carbonyl (C=O) groups excluding carboxylic acids is 1. The van der Waals surface area contributed by atoms with Crippen molar-refractivity contribution in [3.63, 3.8) is 0 Å². The second-order valence-corrected chi connectivity index (χ2v) is 6.46. The van der Waals surface area contributed by atoms with Crippen molar-refractivity contribution in [3.05, 3.63) is 35.2 Å². The fourth-order valence-electron chi connectivity index (χ4n) is 2.45. The first kappa shape index (κ1) is 13.2. The van der Waals surface area contributed by atoms with Crippen LogP contribution in [0.1, 0.15) is 10.5 Å². The van der Waals surface area contributed by atoms with Gasteiger partial charge in [0.1, 0.15) is 10.6 Å². The maximum Gasteiger partial charge on any atom is 0.273 e. The van der Waals surface area contributed by atoms with Gasteiger partial charge in [-0.2, -0.15) is 0 Å². The Balaban J connectivity index is 1.76. The standard InChI is InChI=1S/C12H14N4O3S/c13-20(18,19)10-1-2-11(15-5-10)12(17)16-6-8-3-14-4-9(8)7-16/h1-2,5,14H,3-4,6-7H2,(H2,13,18,19). The number of sulfonamides is 1. The van der Waals surface area contributed by atoms with Crippen molar-refractivity contribution in [1.82, 2.24) is 15.2 Å². The molecule has 0 bridgehead atoms. The summed E-state index contributed by atoms with van der Waals surface area (Å²) in [7, 11) is -3.78. The SMILES string of the molecule is NS(=O)(=O)c1ccc(C(=O)N2CC3=C(CNC3)C2)nc1. The lowest BCUT2D eigenvalue weighted by atomic mass is 10.2. The molecule has 0 fully saturated rings. The van der Waals surface area contributed by atoms with E-state index in [0.29, 0.717) is 13.1 Å². The zero-order valence-corrected chi connectivity index (χ0v) is 11.5. The van der Waals surface area contributed by atoms with Gasteiger partial charge in [0.15, 0.2) is 0 Å². The van der Waals surface area contributed by atoms with E-state index < -0.39 is 10.0 Å². The van der Waals surface area contributed by atoms with Crippen LogP contribution in [-0.4, -0.2) is 50.4 Å². The fraction of sp³-hybridized carbons (Fsp3) is 0.333. The van der Waals surface area contributed by atoms with E-state index in [1.165, 1.54) is 23.3 Å². The van der Waals surface area contributed by atoms with E-state index in [-0.39, 0.29) is 16.5 Å². The monoisotopic (exact) mass is 294 g/mol. The highest BCUT2D eigenvalue weighted by Gasteiger charge is 2.29. The van der Waals surface area contributed by atoms with E-state index in [1.54, 1.807) is 4.90 Å². The Kier molecular flexibility index (Phi) is 3.08. The van der Waals surface area contributed by atoms with Crippen molar-refractivity contribution < 1.29 is 13.2 Å². The maximum absolute atomic E-state index is 12.3. The van der Waals surface area contributed by atoms with Crippen LogP contribution in [0.3, 0.4) is 0 Å². The van der Waals surface area contributed by atoms with Crippen molar-refractivity contribution in [3.8, 4) is 0 Å². The summed E-state index contributed by atoms with van der Waals surface area (Å²) in [6.45, 7) is 2.88. The highest BCUT2D eigenvalue weighted by molar-refractivity contribution is 7.89. The molecule has 0 saturated heterocycles. The van der Waals surface area contributed by atoms with Crippen LogP contribution in [0.4, 0.5) is 0 Å². The molecule has 0 atom stereocenters. The quantitative estimate of drug-likeness (QED) is 0.687. The zero-order valence-electron chi connectivity index (χ0n) is 10.7. The topological polar surface area (TPSA) is 105 Å². The molecule has 0 radical (unpaired) electrons. The second kappa shape index (κ2) is 4.65. The van der Waals surface area contributed by atoms with E-state index in [9.17, 15) is 13.2 Å². The van der Waals surface area contributed by atoms with Crippen LogP contribution in [-0.2, 0) is 10.0 Å². The average molecular weight is 294 g/mol. The van der Waals surface area contributed by atoms with Gasteiger partial charge in [-0.25, -0.2) is 18.5 Å². The van der Waals surface area contributed by atoms with Gasteiger partial charge in [-0.15, -0.1) is 0 Å². The van der Waals surface area contributed by atoms with Gasteiger partial charge in [-0.05, 0) is 23.3 Å². The molecule has 0 spiro atoms. The van der Waals surface area contributed by atoms with Gasteiger partial charge in [-0.3, -0.25) is 4.79 Å². The van der Waals surface area contributed by atoms with Gasteiger partial charge < -0.3 is 10.2 Å². The Labute approximate surface area is 116 Å². The summed E-state index contributed by atoms with van der Waals surface area (Å²) in [6.07, 6.45) is 1.11. The lowest BCUT2D eigenvalue weighted by molar-refractivity contribution is 0.0788. The van der Waals surface area contributed by atoms with Gasteiger partial charge in [-0.1, -0.05) is 0 Å². The molecule has 2 aliphatic rings. The van der Waals surface area contributed by atoms with E-state index in [1.807, 2.05) is 0 Å². The summed E-state index contributed by atoms with van der Waals surface area (Å²) < 4.78 is 22.3. The molecule has 106 valence electrons. The summed E-state index contributed by atoms with van der Waals surface area (Å²) in [5, 5.41) is 8.23. The third kappa shape index (κ3) is 2.33. The van der Waals surface area contributed by atoms with Crippen LogP contribution in [0.5, 0.6) is 0 Å². The maximum atomic E-state index is 12.3. The molecule has 3 N–H and O–H groups in total. The van der Waals surface area contributed by atoms with E-state index in [0.717, 1.165) is 19.3 Å². The molecule has 1 aromatic heterocycles. The van der Waals surface area contributed by atoms with Crippen LogP contribution in [0.25, 0.3) is 0 Å². The Hall–Kier alpha value is -1.77. The minimum absolute atomic E-state index is 0.0970. The first-order valence-corrected chi connectivity index (χ1v) is 7.68. The number of carbonyl (C=O) groups is 1. The second-order valence-electron chi connectivity index (χ2n) is 4.90. The summed E-state index contributed by atoms with van der Waals surface area (Å²) in [5.74, 6) is -0.194. The number of nitrogens with zero attached hydrogens (tertiary/aromatic N) is 2. The van der Waals surface area contributed by atoms with E-state index >= 15 is 0 Å². The average Bonchev–Trinajstić information content (AvgIpc) is 2.97. The van der Waals surface area contributed by atoms with Crippen LogP contribution in [0.2, 0.25) is 0 Å². The smallest absolute Gasteiger partial charge is 0.273 e. The summed E-state index contributed by atoms with van der Waals surface area (Å²) in [5.41, 5.74) is 2.76. The van der Waals surface area contributed by atoms with E-state index in [4.69, 9.17) is 5.14 Å². The predicted octanol–water partition coefficient (Wildman–Crippen LogP) is -0.915. The lowest BCUT2D eigenvalue weighted by Crippen LogP contribution is -2.33. The number of hydrogen-bond acceptors (Lipinski definition) is 5. The minimum Gasteiger partial charge on any atom is -0.329 e. The molecule has 1 amide bonds. The minimum atomic E-state index is -3.78. The van der Waals surface area contributed by atoms with Gasteiger partial charge in [0.25, 0.3) is 5.91 Å². The normalized spacial score (nSPS) is 18.6. The van der Waals surface area contributed by atoms with Crippen molar-refractivity contribution in [2.45, 2.75) is 4.90 Å². The first-order chi connectivity index (χ1) is 9.45. The number of hydrogen-bond donors (Lipinski definition) is 2. The molecular weight excluding hydrogens is 280 g/mol. The number of amides is 1. The Morgan fingerprint density at radius 1 is 1.25 bits per heavy atom. The Morgan fingerprint density at radius 3 is 2.40 bits per heavy atom. The van der Waals surface area contributed by atoms with Crippen LogP contribution < -0.4 is 10.5 Å². The van der Waals surface area contributed by atoms with Gasteiger partial charge in [0, 0.05) is 32.4 Å². The van der Waals surface area contributed by atoms with Crippen molar-refractivity contribution in [2.24, 2.45) is 5.14 Å². The zero-order chi connectivity index (χ0) is 14.3. The molecule has 3 rings (SSSR count). The molecule has 20 heavy (non-hydrogen) atoms. The van der Waals surface area contributed by atoms with Crippen molar-refractivity contribution >= 4 is 15.9 Å². The van der Waals surface area contributed by atoms with Crippen molar-refractivity contribution in [1.29, 1.82) is 0 Å². The van der Waals surface area contributed by atoms with Gasteiger partial charge in [0.05, 0.1) is 0 Å². The van der Waals surface area contributed by atoms with Crippen LogP contribution in [0.15, 0.2) is 34.4 Å². The molecule has 3 heterocycles. The first-order valence-electron chi connectivity index (χ1n) is 6.14. The molecule has 0 unspecified atom stereocenters. The lowest BCUT2D eigenvalue weighted by Gasteiger charge is -2.17. The molecule has 8 heteroatoms. The highest BCUT2D eigenvalue weighted by Crippen LogP contribution is 2.21. The molecule has 0 aromatic carbocycles. The third-order valence-electron chi connectivity index (χ3n) is 3.51. The Bertz CT molecular complexity index is 678. The summed E-state index contributed by atoms with van der Waals surface area (Å²) >= 11 is 0. The number of rotatable bonds is 2. The largest absolute Gasteiger partial charge is 0.329 e. The number of pyridine rings is 1. The fourth-order valence-corrected chi connectivity index (χ4v) is 2.90. The van der Waals surface area contributed by atoms with E-state index in [2.05, 4.69) is 10.3 Å². The number of primary sulfonamides is 1. The number of nitrogens with one attached hydrogen (secondary N) is 1. The molecule has 0 saturated carbocycles. The Morgan fingerprint density at radius 2 is 1.90 bits per heavy atom. The number of aromatic nitrogens is 1. The molecular formula is C12H14N4O3S. The van der Waals surface area contributed by atoms with Gasteiger partial charge in [0.2, 0.25) is 10.0 Å².